The van der Waals surface area contributed by atoms with Crippen LogP contribution in [-0.4, -0.2) is 32.6 Å². The highest BCUT2D eigenvalue weighted by Crippen LogP contribution is 2.37. The van der Waals surface area contributed by atoms with Gasteiger partial charge < -0.3 is 14.6 Å². The first-order valence-corrected chi connectivity index (χ1v) is 10.8. The van der Waals surface area contributed by atoms with Crippen LogP contribution in [0.25, 0.3) is 9.69 Å². The van der Waals surface area contributed by atoms with E-state index in [2.05, 4.69) is 33.7 Å². The van der Waals surface area contributed by atoms with Crippen molar-refractivity contribution < 1.29 is 21.9 Å². The number of aromatic nitrogens is 2. The summed E-state index contributed by atoms with van der Waals surface area (Å²) < 4.78 is 58.6. The van der Waals surface area contributed by atoms with E-state index in [9.17, 15) is 17.5 Å². The average Bonchev–Trinajstić information content (AvgIpc) is 3.15. The standard InChI is InChI=1S/C18H19F3N8O2S/c1-6-28(7-2)12-9-10-13(14(11-12)27-32(30,31-21)17(19)20)25-26-18-24-15(22-4)16(23-5)29(18)8-3/h9-11,17H,6-8H2,1-3H3. The van der Waals surface area contributed by atoms with Gasteiger partial charge in [0.15, 0.2) is 0 Å². The summed E-state index contributed by atoms with van der Waals surface area (Å²) in [4.78, 5) is 12.2. The van der Waals surface area contributed by atoms with Crippen molar-refractivity contribution in [3.8, 4) is 0 Å². The molecule has 2 rings (SSSR count). The summed E-state index contributed by atoms with van der Waals surface area (Å²) in [6.45, 7) is 21.2. The number of hydrogen-bond acceptors (Lipinski definition) is 7. The van der Waals surface area contributed by atoms with Gasteiger partial charge in [0.25, 0.3) is 21.6 Å². The molecule has 170 valence electrons. The number of rotatable bonds is 9. The van der Waals surface area contributed by atoms with E-state index in [1.165, 1.54) is 16.7 Å². The topological polar surface area (TPSA) is 93.2 Å². The molecule has 1 unspecified atom stereocenters. The highest BCUT2D eigenvalue weighted by Gasteiger charge is 2.26. The summed E-state index contributed by atoms with van der Waals surface area (Å²) in [6.07, 6.45) is 0. The maximum Gasteiger partial charge on any atom is 0.416 e. The summed E-state index contributed by atoms with van der Waals surface area (Å²) in [5.74, 6) is -3.97. The molecule has 0 fully saturated rings. The highest BCUT2D eigenvalue weighted by molar-refractivity contribution is 7.89. The second-order valence-corrected chi connectivity index (χ2v) is 7.70. The maximum absolute atomic E-state index is 13.1. The molecule has 0 aliphatic heterocycles. The van der Waals surface area contributed by atoms with Crippen LogP contribution in [0.4, 0.5) is 48.0 Å². The van der Waals surface area contributed by atoms with Crippen molar-refractivity contribution in [3.05, 3.63) is 41.0 Å². The molecule has 0 aliphatic carbocycles. The van der Waals surface area contributed by atoms with E-state index >= 15 is 0 Å². The minimum atomic E-state index is -4.98. The molecule has 1 aromatic heterocycles. The average molecular weight is 468 g/mol. The third kappa shape index (κ3) is 5.04. The largest absolute Gasteiger partial charge is 0.416 e. The molecule has 0 N–H and O–H groups in total. The fraction of sp³-hybridized carbons (Fsp3) is 0.389. The zero-order valence-electron chi connectivity index (χ0n) is 17.4. The second-order valence-electron chi connectivity index (χ2n) is 6.00. The maximum atomic E-state index is 13.1. The predicted molar refractivity (Wildman–Crippen MR) is 113 cm³/mol. The summed E-state index contributed by atoms with van der Waals surface area (Å²) in [7, 11) is -4.98. The summed E-state index contributed by atoms with van der Waals surface area (Å²) in [5, 5.41) is 7.82. The number of nitrogens with zero attached hydrogens (tertiary/aromatic N) is 8. The first-order valence-electron chi connectivity index (χ1n) is 9.28. The van der Waals surface area contributed by atoms with Crippen molar-refractivity contribution in [2.45, 2.75) is 33.1 Å². The van der Waals surface area contributed by atoms with Crippen LogP contribution in [0.5, 0.6) is 0 Å². The van der Waals surface area contributed by atoms with Crippen LogP contribution in [0.1, 0.15) is 20.8 Å². The Bertz CT molecular complexity index is 1200. The van der Waals surface area contributed by atoms with E-state index in [0.717, 1.165) is 0 Å². The molecule has 0 saturated carbocycles. The van der Waals surface area contributed by atoms with E-state index in [1.807, 2.05) is 18.7 Å². The molecule has 10 nitrogen and oxygen atoms in total. The van der Waals surface area contributed by atoms with Crippen molar-refractivity contribution in [1.29, 1.82) is 0 Å². The van der Waals surface area contributed by atoms with Gasteiger partial charge in [-0.2, -0.15) is 13.1 Å². The molecule has 1 heterocycles. The van der Waals surface area contributed by atoms with Crippen LogP contribution in [0.15, 0.2) is 32.8 Å². The van der Waals surface area contributed by atoms with Crippen LogP contribution in [0.2, 0.25) is 0 Å². The molecular formula is C18H19F3N8O2S. The smallest absolute Gasteiger partial charge is 0.373 e. The number of hydrogen-bond donors (Lipinski definition) is 0. The Labute approximate surface area is 183 Å². The van der Waals surface area contributed by atoms with E-state index in [0.29, 0.717) is 18.8 Å². The lowest BCUT2D eigenvalue weighted by molar-refractivity contribution is -0.000950. The lowest BCUT2D eigenvalue weighted by atomic mass is 10.2. The van der Waals surface area contributed by atoms with E-state index in [-0.39, 0.29) is 35.5 Å². The minimum Gasteiger partial charge on any atom is -0.373 e. The van der Waals surface area contributed by atoms with Crippen molar-refractivity contribution in [2.24, 2.45) is 14.6 Å². The quantitative estimate of drug-likeness (QED) is 0.314. The number of azo groups is 1. The van der Waals surface area contributed by atoms with Crippen LogP contribution in [0.3, 0.4) is 0 Å². The van der Waals surface area contributed by atoms with Crippen LogP contribution in [0, 0.1) is 13.1 Å². The molecule has 0 amide bonds. The fourth-order valence-electron chi connectivity index (χ4n) is 2.75. The third-order valence-corrected chi connectivity index (χ3v) is 5.39. The monoisotopic (exact) mass is 468 g/mol. The summed E-state index contributed by atoms with van der Waals surface area (Å²) >= 11 is 0. The van der Waals surface area contributed by atoms with Gasteiger partial charge in [0.05, 0.1) is 6.54 Å². The molecule has 0 spiro atoms. The third-order valence-electron chi connectivity index (χ3n) is 4.31. The van der Waals surface area contributed by atoms with Gasteiger partial charge in [-0.05, 0) is 43.5 Å². The Balaban J connectivity index is 2.68. The van der Waals surface area contributed by atoms with Gasteiger partial charge in [0.2, 0.25) is 0 Å². The van der Waals surface area contributed by atoms with Crippen molar-refractivity contribution in [3.63, 3.8) is 0 Å². The molecule has 1 atom stereocenters. The van der Waals surface area contributed by atoms with E-state index < -0.39 is 15.8 Å². The van der Waals surface area contributed by atoms with Gasteiger partial charge in [-0.1, -0.05) is 27.6 Å². The number of benzene rings is 1. The highest BCUT2D eigenvalue weighted by atomic mass is 32.2. The molecule has 0 aliphatic rings. The van der Waals surface area contributed by atoms with Gasteiger partial charge >= 0.3 is 11.7 Å². The molecule has 2 aromatic rings. The molecule has 0 radical (unpaired) electrons. The SMILES string of the molecule is [C-]#[N+]c1nc(N=Nc2ccc(N(CC)CC)cc2N=S(=O)(OF)C(F)F)n(CC)c1[N+]#[C-]. The molecule has 0 saturated heterocycles. The predicted octanol–water partition coefficient (Wildman–Crippen LogP) is 6.40. The van der Waals surface area contributed by atoms with E-state index in [4.69, 9.17) is 13.1 Å². The van der Waals surface area contributed by atoms with Gasteiger partial charge in [-0.3, -0.25) is 0 Å². The zero-order valence-corrected chi connectivity index (χ0v) is 18.2. The first-order chi connectivity index (χ1) is 15.3. The molecule has 0 bridgehead atoms. The Morgan fingerprint density at radius 1 is 1.19 bits per heavy atom. The molecule has 32 heavy (non-hydrogen) atoms. The van der Waals surface area contributed by atoms with Crippen molar-refractivity contribution in [2.75, 3.05) is 18.0 Å². The lowest BCUT2D eigenvalue weighted by Gasteiger charge is -2.21. The summed E-state index contributed by atoms with van der Waals surface area (Å²) in [5.41, 5.74) is 0.0837. The Morgan fingerprint density at radius 3 is 2.38 bits per heavy atom. The number of halogens is 3. The second kappa shape index (κ2) is 10.7. The molecule has 14 heteroatoms. The normalized spacial score (nSPS) is 13.0. The minimum absolute atomic E-state index is 0.0233. The van der Waals surface area contributed by atoms with Gasteiger partial charge in [0.1, 0.15) is 11.4 Å². The molecule has 1 aromatic carbocycles. The number of alkyl halides is 2. The van der Waals surface area contributed by atoms with Gasteiger partial charge in [-0.25, -0.2) is 8.78 Å². The Morgan fingerprint density at radius 2 is 1.88 bits per heavy atom. The fourth-order valence-corrected chi connectivity index (χ4v) is 3.33. The van der Waals surface area contributed by atoms with Crippen molar-refractivity contribution >= 4 is 44.7 Å². The molecular weight excluding hydrogens is 449 g/mol. The summed E-state index contributed by atoms with van der Waals surface area (Å²) in [6, 6.07) is 4.30. The Hall–Kier alpha value is -3.49. The zero-order chi connectivity index (χ0) is 23.9. The number of imidazole rings is 1. The van der Waals surface area contributed by atoms with Crippen LogP contribution < -0.4 is 4.90 Å². The van der Waals surface area contributed by atoms with Crippen LogP contribution >= 0.6 is 0 Å². The van der Waals surface area contributed by atoms with Gasteiger partial charge in [0, 0.05) is 18.8 Å². The van der Waals surface area contributed by atoms with E-state index in [1.54, 1.807) is 13.0 Å². The lowest BCUT2D eigenvalue weighted by Crippen LogP contribution is -2.21. The van der Waals surface area contributed by atoms with Crippen LogP contribution in [-0.2, 0) is 20.9 Å². The first kappa shape index (κ1) is 24.8. The van der Waals surface area contributed by atoms with Crippen molar-refractivity contribution in [1.82, 2.24) is 9.55 Å². The Kier molecular flexibility index (Phi) is 8.28. The van der Waals surface area contributed by atoms with Gasteiger partial charge in [-0.15, -0.1) is 5.11 Å². The number of anilines is 1.